The average Bonchev–Trinajstić information content (AvgIpc) is 2.25. The van der Waals surface area contributed by atoms with Gasteiger partial charge >= 0.3 is 0 Å². The van der Waals surface area contributed by atoms with Crippen molar-refractivity contribution in [3.63, 3.8) is 0 Å². The fourth-order valence-electron chi connectivity index (χ4n) is 1.20. The van der Waals surface area contributed by atoms with Gasteiger partial charge in [-0.2, -0.15) is 0 Å². The van der Waals surface area contributed by atoms with Crippen molar-refractivity contribution >= 4 is 26.0 Å². The van der Waals surface area contributed by atoms with Crippen LogP contribution in [0.2, 0.25) is 0 Å². The number of nitrogens with two attached hydrogens (primary N) is 1. The maximum absolute atomic E-state index is 11.8. The van der Waals surface area contributed by atoms with Gasteiger partial charge in [0.05, 0.1) is 4.90 Å². The van der Waals surface area contributed by atoms with Gasteiger partial charge in [-0.15, -0.1) is 0 Å². The highest BCUT2D eigenvalue weighted by atomic mass is 79.9. The van der Waals surface area contributed by atoms with E-state index in [2.05, 4.69) is 20.7 Å². The Morgan fingerprint density at radius 1 is 1.44 bits per heavy atom. The van der Waals surface area contributed by atoms with Crippen LogP contribution < -0.4 is 10.5 Å². The molecule has 1 aromatic rings. The van der Waals surface area contributed by atoms with Crippen LogP contribution in [0.4, 0.5) is 0 Å². The normalized spacial score (nSPS) is 11.7. The van der Waals surface area contributed by atoms with E-state index in [-0.39, 0.29) is 4.90 Å². The minimum Gasteiger partial charge on any atom is -0.326 e. The van der Waals surface area contributed by atoms with E-state index in [9.17, 15) is 8.42 Å². The molecule has 16 heavy (non-hydrogen) atoms. The lowest BCUT2D eigenvalue weighted by atomic mass is 10.2. The molecule has 0 radical (unpaired) electrons. The highest BCUT2D eigenvalue weighted by Gasteiger charge is 2.16. The van der Waals surface area contributed by atoms with Gasteiger partial charge in [0.1, 0.15) is 0 Å². The smallest absolute Gasteiger partial charge is 0.241 e. The van der Waals surface area contributed by atoms with Crippen LogP contribution in [0, 0.1) is 0 Å². The van der Waals surface area contributed by atoms with E-state index < -0.39 is 10.0 Å². The monoisotopic (exact) mass is 306 g/mol. The van der Waals surface area contributed by atoms with E-state index >= 15 is 0 Å². The summed E-state index contributed by atoms with van der Waals surface area (Å²) in [5.74, 6) is 0. The Morgan fingerprint density at radius 2 is 2.12 bits per heavy atom. The molecule has 0 aliphatic carbocycles. The summed E-state index contributed by atoms with van der Waals surface area (Å²) in [5, 5.41) is 0. The van der Waals surface area contributed by atoms with Crippen molar-refractivity contribution in [2.75, 3.05) is 6.54 Å². The minimum atomic E-state index is -3.42. The van der Waals surface area contributed by atoms with Crippen molar-refractivity contribution < 1.29 is 8.42 Å². The lowest BCUT2D eigenvalue weighted by Crippen LogP contribution is -2.24. The zero-order chi connectivity index (χ0) is 12.2. The summed E-state index contributed by atoms with van der Waals surface area (Å²) in [6.07, 6.45) is 0.762. The van der Waals surface area contributed by atoms with E-state index in [1.165, 1.54) is 0 Å². The molecule has 90 valence electrons. The molecule has 0 saturated carbocycles. The van der Waals surface area contributed by atoms with Crippen LogP contribution >= 0.6 is 15.9 Å². The molecule has 6 heteroatoms. The second-order valence-corrected chi connectivity index (χ2v) is 5.96. The van der Waals surface area contributed by atoms with E-state index in [4.69, 9.17) is 5.73 Å². The zero-order valence-corrected chi connectivity index (χ0v) is 11.4. The molecule has 0 aliphatic heterocycles. The third-order valence-electron chi connectivity index (χ3n) is 2.06. The largest absolute Gasteiger partial charge is 0.326 e. The fraction of sp³-hybridized carbons (Fsp3) is 0.400. The molecule has 0 fully saturated rings. The van der Waals surface area contributed by atoms with Gasteiger partial charge in [0.15, 0.2) is 0 Å². The SMILES string of the molecule is CCCNS(=O)(=O)c1ccc(CN)cc1Br. The molecule has 1 aromatic carbocycles. The molecule has 1 rings (SSSR count). The van der Waals surface area contributed by atoms with Gasteiger partial charge in [0.25, 0.3) is 0 Å². The Morgan fingerprint density at radius 3 is 2.62 bits per heavy atom. The summed E-state index contributed by atoms with van der Waals surface area (Å²) in [5.41, 5.74) is 6.36. The molecule has 0 atom stereocenters. The molecular weight excluding hydrogens is 292 g/mol. The van der Waals surface area contributed by atoms with Gasteiger partial charge in [-0.05, 0) is 40.0 Å². The predicted molar refractivity (Wildman–Crippen MR) is 67.5 cm³/mol. The van der Waals surface area contributed by atoms with Gasteiger partial charge in [0, 0.05) is 17.6 Å². The second-order valence-electron chi connectivity index (χ2n) is 3.37. The number of hydrogen-bond acceptors (Lipinski definition) is 3. The van der Waals surface area contributed by atoms with Crippen LogP contribution in [0.1, 0.15) is 18.9 Å². The topological polar surface area (TPSA) is 72.2 Å². The predicted octanol–water partition coefficient (Wildman–Crippen LogP) is 1.60. The highest BCUT2D eigenvalue weighted by molar-refractivity contribution is 9.10. The number of nitrogens with one attached hydrogen (secondary N) is 1. The van der Waals surface area contributed by atoms with Crippen molar-refractivity contribution in [3.05, 3.63) is 28.2 Å². The van der Waals surface area contributed by atoms with Crippen molar-refractivity contribution in [1.82, 2.24) is 4.72 Å². The third kappa shape index (κ3) is 3.28. The van der Waals surface area contributed by atoms with Gasteiger partial charge in [-0.3, -0.25) is 0 Å². The molecule has 3 N–H and O–H groups in total. The molecular formula is C10H15BrN2O2S. The molecule has 0 unspecified atom stereocenters. The minimum absolute atomic E-state index is 0.248. The van der Waals surface area contributed by atoms with E-state index in [1.54, 1.807) is 18.2 Å². The number of sulfonamides is 1. The van der Waals surface area contributed by atoms with Crippen molar-refractivity contribution in [1.29, 1.82) is 0 Å². The summed E-state index contributed by atoms with van der Waals surface area (Å²) in [6.45, 7) is 2.74. The Kier molecular flexibility index (Phi) is 4.91. The second kappa shape index (κ2) is 5.77. The van der Waals surface area contributed by atoms with E-state index in [1.807, 2.05) is 6.92 Å². The summed E-state index contributed by atoms with van der Waals surface area (Å²) >= 11 is 3.24. The van der Waals surface area contributed by atoms with Gasteiger partial charge < -0.3 is 5.73 Å². The lowest BCUT2D eigenvalue weighted by Gasteiger charge is -2.08. The van der Waals surface area contributed by atoms with Crippen molar-refractivity contribution in [2.24, 2.45) is 5.73 Å². The van der Waals surface area contributed by atoms with Crippen LogP contribution in [0.15, 0.2) is 27.6 Å². The quantitative estimate of drug-likeness (QED) is 0.868. The Bertz CT molecular complexity index is 460. The maximum Gasteiger partial charge on any atom is 0.241 e. The summed E-state index contributed by atoms with van der Waals surface area (Å²) in [4.78, 5) is 0.248. The first-order chi connectivity index (χ1) is 7.51. The number of benzene rings is 1. The van der Waals surface area contributed by atoms with Gasteiger partial charge in [0.2, 0.25) is 10.0 Å². The van der Waals surface area contributed by atoms with Crippen LogP contribution in [0.3, 0.4) is 0 Å². The van der Waals surface area contributed by atoms with Crippen molar-refractivity contribution in [2.45, 2.75) is 24.8 Å². The Hall–Kier alpha value is -0.430. The molecule has 0 heterocycles. The summed E-state index contributed by atoms with van der Waals surface area (Å²) < 4.78 is 26.7. The first-order valence-electron chi connectivity index (χ1n) is 4.99. The molecule has 4 nitrogen and oxygen atoms in total. The molecule has 0 saturated heterocycles. The summed E-state index contributed by atoms with van der Waals surface area (Å²) in [7, 11) is -3.42. The molecule has 0 aromatic heterocycles. The van der Waals surface area contributed by atoms with Gasteiger partial charge in [-0.25, -0.2) is 13.1 Å². The van der Waals surface area contributed by atoms with Crippen LogP contribution in [-0.4, -0.2) is 15.0 Å². The average molecular weight is 307 g/mol. The first-order valence-corrected chi connectivity index (χ1v) is 7.27. The van der Waals surface area contributed by atoms with Crippen LogP contribution in [-0.2, 0) is 16.6 Å². The molecule has 0 amide bonds. The first kappa shape index (κ1) is 13.6. The maximum atomic E-state index is 11.8. The standard InChI is InChI=1S/C10H15BrN2O2S/c1-2-5-13-16(14,15)10-4-3-8(7-12)6-9(10)11/h3-4,6,13H,2,5,7,12H2,1H3. The van der Waals surface area contributed by atoms with E-state index in [0.717, 1.165) is 12.0 Å². The Balaban J connectivity index is 3.04. The van der Waals surface area contributed by atoms with Crippen LogP contribution in [0.25, 0.3) is 0 Å². The zero-order valence-electron chi connectivity index (χ0n) is 9.03. The lowest BCUT2D eigenvalue weighted by molar-refractivity contribution is 0.580. The van der Waals surface area contributed by atoms with E-state index in [0.29, 0.717) is 17.6 Å². The van der Waals surface area contributed by atoms with Gasteiger partial charge in [-0.1, -0.05) is 13.0 Å². The van der Waals surface area contributed by atoms with Crippen molar-refractivity contribution in [3.8, 4) is 0 Å². The molecule has 0 bridgehead atoms. The third-order valence-corrected chi connectivity index (χ3v) is 4.50. The highest BCUT2D eigenvalue weighted by Crippen LogP contribution is 2.22. The number of rotatable bonds is 5. The molecule has 0 aliphatic rings. The Labute approximate surface area is 104 Å². The number of halogens is 1. The van der Waals surface area contributed by atoms with Crippen LogP contribution in [0.5, 0.6) is 0 Å². The fourth-order valence-corrected chi connectivity index (χ4v) is 3.46. The molecule has 0 spiro atoms. The number of hydrogen-bond donors (Lipinski definition) is 2. The summed E-state index contributed by atoms with van der Waals surface area (Å²) in [6, 6.07) is 5.00.